The minimum absolute atomic E-state index is 0.0000320. The van der Waals surface area contributed by atoms with E-state index < -0.39 is 0 Å². The van der Waals surface area contributed by atoms with Crippen LogP contribution in [0, 0.1) is 6.92 Å². The van der Waals surface area contributed by atoms with Gasteiger partial charge >= 0.3 is 0 Å². The van der Waals surface area contributed by atoms with Crippen molar-refractivity contribution in [3.05, 3.63) is 41.1 Å². The summed E-state index contributed by atoms with van der Waals surface area (Å²) in [4.78, 5) is 31.4. The molecule has 0 radical (unpaired) electrons. The van der Waals surface area contributed by atoms with Crippen LogP contribution in [0.4, 0.5) is 5.69 Å². The number of fused-ring (bicyclic) bond motifs is 3. The van der Waals surface area contributed by atoms with Crippen LogP contribution in [0.5, 0.6) is 17.4 Å². The topological polar surface area (TPSA) is 90.0 Å². The normalized spacial score (nSPS) is 21.8. The fraction of sp³-hybridized carbons (Fsp3) is 0.458. The van der Waals surface area contributed by atoms with Gasteiger partial charge in [-0.2, -0.15) is 0 Å². The third kappa shape index (κ3) is 3.85. The van der Waals surface area contributed by atoms with Crippen LogP contribution >= 0.6 is 0 Å². The molecule has 0 unspecified atom stereocenters. The first-order valence-corrected chi connectivity index (χ1v) is 11.1. The Bertz CT molecular complexity index is 1080. The Balaban J connectivity index is 1.36. The number of hydrogen-bond donors (Lipinski definition) is 1. The number of aryl methyl sites for hydroxylation is 2. The maximum absolute atomic E-state index is 13.5. The van der Waals surface area contributed by atoms with Crippen molar-refractivity contribution in [3.63, 3.8) is 0 Å². The average molecular weight is 437 g/mol. The Labute approximate surface area is 186 Å². The second-order valence-electron chi connectivity index (χ2n) is 8.93. The number of benzene rings is 1. The molecule has 2 amide bonds. The Morgan fingerprint density at radius 1 is 1.22 bits per heavy atom. The quantitative estimate of drug-likeness (QED) is 0.791. The summed E-state index contributed by atoms with van der Waals surface area (Å²) in [7, 11) is 0. The number of hydrogen-bond acceptors (Lipinski definition) is 6. The predicted molar refractivity (Wildman–Crippen MR) is 117 cm³/mol. The molecule has 1 saturated heterocycles. The molecule has 1 N–H and O–H groups in total. The van der Waals surface area contributed by atoms with E-state index in [9.17, 15) is 9.59 Å². The van der Waals surface area contributed by atoms with Crippen molar-refractivity contribution in [3.8, 4) is 17.4 Å². The summed E-state index contributed by atoms with van der Waals surface area (Å²) in [6.07, 6.45) is 3.28. The van der Waals surface area contributed by atoms with Gasteiger partial charge in [0.05, 0.1) is 24.4 Å². The molecule has 168 valence electrons. The molecule has 1 fully saturated rings. The van der Waals surface area contributed by atoms with E-state index in [0.717, 1.165) is 16.8 Å². The summed E-state index contributed by atoms with van der Waals surface area (Å²) in [6, 6.07) is 5.45. The summed E-state index contributed by atoms with van der Waals surface area (Å²) in [5, 5.41) is 2.87. The number of anilines is 1. The third-order valence-electron chi connectivity index (χ3n) is 6.00. The summed E-state index contributed by atoms with van der Waals surface area (Å²) >= 11 is 0. The first-order valence-electron chi connectivity index (χ1n) is 11.1. The van der Waals surface area contributed by atoms with Gasteiger partial charge in [0.2, 0.25) is 11.8 Å². The van der Waals surface area contributed by atoms with Gasteiger partial charge < -0.3 is 24.4 Å². The van der Waals surface area contributed by atoms with E-state index in [1.54, 1.807) is 12.3 Å². The minimum Gasteiger partial charge on any atom is -0.490 e. The highest BCUT2D eigenvalue weighted by Crippen LogP contribution is 2.38. The highest BCUT2D eigenvalue weighted by atomic mass is 16.5. The van der Waals surface area contributed by atoms with Crippen molar-refractivity contribution < 1.29 is 23.8 Å². The van der Waals surface area contributed by atoms with Crippen molar-refractivity contribution in [1.82, 2.24) is 9.88 Å². The van der Waals surface area contributed by atoms with Gasteiger partial charge in [0.1, 0.15) is 29.8 Å². The van der Waals surface area contributed by atoms with Crippen molar-refractivity contribution >= 4 is 17.5 Å². The predicted octanol–water partition coefficient (Wildman–Crippen LogP) is 3.12. The molecule has 3 aliphatic rings. The summed E-state index contributed by atoms with van der Waals surface area (Å²) in [5.74, 6) is 1.47. The van der Waals surface area contributed by atoms with Gasteiger partial charge in [-0.1, -0.05) is 0 Å². The Hall–Kier alpha value is -3.29. The maximum atomic E-state index is 13.5. The molecule has 0 bridgehead atoms. The van der Waals surface area contributed by atoms with Gasteiger partial charge in [-0.05, 0) is 50.5 Å². The number of carbonyl (C=O) groups excluding carboxylic acids is 2. The molecule has 8 heteroatoms. The van der Waals surface area contributed by atoms with E-state index in [2.05, 4.69) is 10.3 Å². The zero-order valence-corrected chi connectivity index (χ0v) is 18.5. The molecule has 0 aliphatic carbocycles. The zero-order chi connectivity index (χ0) is 22.4. The fourth-order valence-electron chi connectivity index (χ4n) is 4.56. The lowest BCUT2D eigenvalue weighted by molar-refractivity contribution is -0.116. The van der Waals surface area contributed by atoms with E-state index in [1.165, 1.54) is 0 Å². The number of nitrogens with one attached hydrogen (secondary N) is 1. The number of nitrogens with zero attached hydrogens (tertiary/aromatic N) is 2. The van der Waals surface area contributed by atoms with E-state index >= 15 is 0 Å². The van der Waals surface area contributed by atoms with Crippen molar-refractivity contribution in [2.24, 2.45) is 0 Å². The molecule has 1 aromatic carbocycles. The molecule has 8 nitrogen and oxygen atoms in total. The van der Waals surface area contributed by atoms with Crippen molar-refractivity contribution in [2.45, 2.75) is 58.3 Å². The molecule has 4 heterocycles. The Kier molecular flexibility index (Phi) is 5.15. The maximum Gasteiger partial charge on any atom is 0.261 e. The average Bonchev–Trinajstić information content (AvgIpc) is 3.08. The number of carbonyl (C=O) groups is 2. The lowest BCUT2D eigenvalue weighted by Crippen LogP contribution is -2.37. The number of pyridine rings is 1. The Morgan fingerprint density at radius 3 is 2.88 bits per heavy atom. The van der Waals surface area contributed by atoms with Crippen LogP contribution in [-0.2, 0) is 11.2 Å². The number of ether oxygens (including phenoxy) is 3. The largest absolute Gasteiger partial charge is 0.490 e. The third-order valence-corrected chi connectivity index (χ3v) is 6.00. The minimum atomic E-state index is -0.209. The molecule has 2 atom stereocenters. The van der Waals surface area contributed by atoms with E-state index in [1.807, 2.05) is 37.8 Å². The first-order chi connectivity index (χ1) is 15.4. The van der Waals surface area contributed by atoms with E-state index in [-0.39, 0.29) is 30.1 Å². The second-order valence-corrected chi connectivity index (χ2v) is 8.93. The monoisotopic (exact) mass is 437 g/mol. The lowest BCUT2D eigenvalue weighted by Gasteiger charge is -2.22. The molecule has 1 aromatic heterocycles. The number of aromatic nitrogens is 1. The second kappa shape index (κ2) is 8.00. The van der Waals surface area contributed by atoms with Gasteiger partial charge in [-0.3, -0.25) is 9.59 Å². The molecule has 0 saturated carbocycles. The van der Waals surface area contributed by atoms with Gasteiger partial charge in [0.15, 0.2) is 0 Å². The van der Waals surface area contributed by atoms with Crippen molar-refractivity contribution in [2.75, 3.05) is 18.5 Å². The number of amides is 2. The van der Waals surface area contributed by atoms with Crippen LogP contribution < -0.4 is 19.5 Å². The first kappa shape index (κ1) is 20.6. The molecule has 3 aliphatic heterocycles. The summed E-state index contributed by atoms with van der Waals surface area (Å²) in [6.45, 7) is 6.68. The highest BCUT2D eigenvalue weighted by Gasteiger charge is 2.41. The zero-order valence-electron chi connectivity index (χ0n) is 18.5. The smallest absolute Gasteiger partial charge is 0.261 e. The molecule has 2 aromatic rings. The molecule has 0 spiro atoms. The van der Waals surface area contributed by atoms with Crippen LogP contribution in [0.3, 0.4) is 0 Å². The standard InChI is InChI=1S/C24H27N3O5/c1-13(2)31-20-7-14(3)6-19-23(20)24(29)27-11-17(8-16(27)12-30-19)32-22-9-18-15(10-25-22)4-5-21(28)26-18/h6-7,9-10,13,16-17H,4-5,8,11-12H2,1-3H3,(H,26,28)/t16-,17+/m1/s1. The number of rotatable bonds is 4. The summed E-state index contributed by atoms with van der Waals surface area (Å²) < 4.78 is 18.1. The molecular formula is C24H27N3O5. The van der Waals surface area contributed by atoms with Crippen LogP contribution in [0.25, 0.3) is 0 Å². The van der Waals surface area contributed by atoms with Gasteiger partial charge in [-0.15, -0.1) is 0 Å². The van der Waals surface area contributed by atoms with Crippen LogP contribution in [0.15, 0.2) is 24.4 Å². The van der Waals surface area contributed by atoms with Crippen molar-refractivity contribution in [1.29, 1.82) is 0 Å². The Morgan fingerprint density at radius 2 is 2.06 bits per heavy atom. The highest BCUT2D eigenvalue weighted by molar-refractivity contribution is 6.00. The lowest BCUT2D eigenvalue weighted by atomic mass is 10.1. The van der Waals surface area contributed by atoms with E-state index in [0.29, 0.717) is 55.4 Å². The van der Waals surface area contributed by atoms with Gasteiger partial charge in [0, 0.05) is 25.1 Å². The molecular weight excluding hydrogens is 410 g/mol. The van der Waals surface area contributed by atoms with Crippen LogP contribution in [0.2, 0.25) is 0 Å². The fourth-order valence-corrected chi connectivity index (χ4v) is 4.56. The molecule has 32 heavy (non-hydrogen) atoms. The van der Waals surface area contributed by atoms with E-state index in [4.69, 9.17) is 14.2 Å². The van der Waals surface area contributed by atoms with Gasteiger partial charge in [-0.25, -0.2) is 4.98 Å². The van der Waals surface area contributed by atoms with Crippen LogP contribution in [-0.4, -0.2) is 53.1 Å². The van der Waals surface area contributed by atoms with Gasteiger partial charge in [0.25, 0.3) is 5.91 Å². The van der Waals surface area contributed by atoms with Crippen LogP contribution in [0.1, 0.15) is 48.2 Å². The SMILES string of the molecule is Cc1cc2c(c(OC(C)C)c1)C(=O)N1C[C@@H](Oc3cc4c(cn3)CCC(=O)N4)C[C@@H]1CO2. The summed E-state index contributed by atoms with van der Waals surface area (Å²) in [5.41, 5.74) is 3.21. The molecule has 5 rings (SSSR count).